The van der Waals surface area contributed by atoms with Crippen molar-refractivity contribution in [1.29, 1.82) is 0 Å². The van der Waals surface area contributed by atoms with E-state index in [4.69, 9.17) is 5.73 Å². The van der Waals surface area contributed by atoms with Crippen molar-refractivity contribution >= 4 is 28.4 Å². The van der Waals surface area contributed by atoms with E-state index in [-0.39, 0.29) is 5.54 Å². The molecule has 5 heteroatoms. The Morgan fingerprint density at radius 3 is 2.93 bits per heavy atom. The Morgan fingerprint density at radius 2 is 2.36 bits per heavy atom. The molecule has 1 saturated heterocycles. The lowest BCUT2D eigenvalue weighted by molar-refractivity contribution is 0.319. The number of halogens is 1. The molecule has 1 aliphatic heterocycles. The summed E-state index contributed by atoms with van der Waals surface area (Å²) >= 11 is 2.25. The van der Waals surface area contributed by atoms with E-state index < -0.39 is 0 Å². The van der Waals surface area contributed by atoms with Crippen LogP contribution in [0.15, 0.2) is 12.5 Å². The Bertz CT molecular complexity index is 335. The Morgan fingerprint density at radius 1 is 1.64 bits per heavy atom. The summed E-state index contributed by atoms with van der Waals surface area (Å²) < 4.78 is 1.09. The van der Waals surface area contributed by atoms with Crippen LogP contribution in [-0.4, -0.2) is 28.6 Å². The van der Waals surface area contributed by atoms with Crippen molar-refractivity contribution in [3.8, 4) is 0 Å². The first kappa shape index (κ1) is 10.1. The Hall–Kier alpha value is -0.430. The summed E-state index contributed by atoms with van der Waals surface area (Å²) in [6, 6.07) is 0. The largest absolute Gasteiger partial charge is 0.352 e. The van der Waals surface area contributed by atoms with E-state index in [1.165, 1.54) is 0 Å². The van der Waals surface area contributed by atoms with Crippen LogP contribution in [0.2, 0.25) is 0 Å². The fourth-order valence-corrected chi connectivity index (χ4v) is 2.27. The normalized spacial score (nSPS) is 19.2. The highest BCUT2D eigenvalue weighted by Crippen LogP contribution is 2.28. The zero-order valence-electron chi connectivity index (χ0n) is 8.07. The first-order valence-corrected chi connectivity index (χ1v) is 5.72. The summed E-state index contributed by atoms with van der Waals surface area (Å²) in [6.45, 7) is 3.93. The molecule has 1 fully saturated rings. The molecular weight excluding hydrogens is 291 g/mol. The number of aromatic nitrogens is 2. The molecule has 4 nitrogen and oxygen atoms in total. The zero-order valence-corrected chi connectivity index (χ0v) is 10.2. The summed E-state index contributed by atoms with van der Waals surface area (Å²) in [6.07, 6.45) is 4.43. The number of rotatable bonds is 2. The van der Waals surface area contributed by atoms with Gasteiger partial charge in [0, 0.05) is 19.3 Å². The molecule has 0 unspecified atom stereocenters. The van der Waals surface area contributed by atoms with Crippen LogP contribution in [-0.2, 0) is 0 Å². The summed E-state index contributed by atoms with van der Waals surface area (Å²) in [5.74, 6) is 1.01. The van der Waals surface area contributed by atoms with Gasteiger partial charge in [-0.25, -0.2) is 9.97 Å². The van der Waals surface area contributed by atoms with Crippen LogP contribution >= 0.6 is 22.6 Å². The highest BCUT2D eigenvalue weighted by atomic mass is 127. The van der Waals surface area contributed by atoms with E-state index in [0.717, 1.165) is 28.9 Å². The molecule has 14 heavy (non-hydrogen) atoms. The number of hydrogen-bond donors (Lipinski definition) is 1. The van der Waals surface area contributed by atoms with Crippen molar-refractivity contribution in [3.63, 3.8) is 0 Å². The molecular formula is C9H13IN4. The van der Waals surface area contributed by atoms with E-state index in [0.29, 0.717) is 0 Å². The lowest BCUT2D eigenvalue weighted by atomic mass is 9.88. The third-order valence-corrected chi connectivity index (χ3v) is 3.42. The molecule has 1 aromatic rings. The van der Waals surface area contributed by atoms with Crippen molar-refractivity contribution in [1.82, 2.24) is 9.97 Å². The molecule has 0 radical (unpaired) electrons. The highest BCUT2D eigenvalue weighted by molar-refractivity contribution is 14.1. The average molecular weight is 304 g/mol. The van der Waals surface area contributed by atoms with Gasteiger partial charge >= 0.3 is 0 Å². The third kappa shape index (κ3) is 1.70. The standard InChI is InChI=1S/C9H13IN4/c1-2-9(11)4-14(5-9)8-7(10)3-12-6-13-8/h3,6H,2,4-5,11H2,1H3. The maximum absolute atomic E-state index is 6.09. The molecule has 1 aromatic heterocycles. The fraction of sp³-hybridized carbons (Fsp3) is 0.556. The maximum Gasteiger partial charge on any atom is 0.145 e. The van der Waals surface area contributed by atoms with Gasteiger partial charge in [0.2, 0.25) is 0 Å². The van der Waals surface area contributed by atoms with Crippen molar-refractivity contribution in [2.45, 2.75) is 18.9 Å². The number of nitrogens with two attached hydrogens (primary N) is 1. The summed E-state index contributed by atoms with van der Waals surface area (Å²) in [5.41, 5.74) is 6.09. The number of hydrogen-bond acceptors (Lipinski definition) is 4. The van der Waals surface area contributed by atoms with E-state index >= 15 is 0 Å². The molecule has 0 bridgehead atoms. The first-order chi connectivity index (χ1) is 6.64. The van der Waals surface area contributed by atoms with Gasteiger partial charge in [0.15, 0.2) is 0 Å². The van der Waals surface area contributed by atoms with E-state index in [1.807, 2.05) is 6.20 Å². The monoisotopic (exact) mass is 304 g/mol. The van der Waals surface area contributed by atoms with Gasteiger partial charge in [-0.05, 0) is 29.0 Å². The second-order valence-electron chi connectivity index (χ2n) is 3.77. The fourth-order valence-electron chi connectivity index (χ4n) is 1.63. The lowest BCUT2D eigenvalue weighted by Gasteiger charge is -2.48. The lowest BCUT2D eigenvalue weighted by Crippen LogP contribution is -2.67. The van der Waals surface area contributed by atoms with Crippen molar-refractivity contribution in [2.75, 3.05) is 18.0 Å². The predicted molar refractivity (Wildman–Crippen MR) is 64.2 cm³/mol. The molecule has 0 spiro atoms. The summed E-state index contributed by atoms with van der Waals surface area (Å²) in [5, 5.41) is 0. The number of nitrogens with zero attached hydrogens (tertiary/aromatic N) is 3. The molecule has 2 rings (SSSR count). The summed E-state index contributed by atoms with van der Waals surface area (Å²) in [7, 11) is 0. The predicted octanol–water partition coefficient (Wildman–Crippen LogP) is 1.01. The van der Waals surface area contributed by atoms with Crippen molar-refractivity contribution in [3.05, 3.63) is 16.1 Å². The van der Waals surface area contributed by atoms with Gasteiger partial charge in [0.25, 0.3) is 0 Å². The smallest absolute Gasteiger partial charge is 0.145 e. The van der Waals surface area contributed by atoms with Gasteiger partial charge < -0.3 is 10.6 Å². The van der Waals surface area contributed by atoms with E-state index in [1.54, 1.807) is 6.33 Å². The van der Waals surface area contributed by atoms with Gasteiger partial charge in [-0.3, -0.25) is 0 Å². The van der Waals surface area contributed by atoms with Crippen LogP contribution < -0.4 is 10.6 Å². The minimum Gasteiger partial charge on any atom is -0.352 e. The van der Waals surface area contributed by atoms with Crippen LogP contribution in [0.1, 0.15) is 13.3 Å². The van der Waals surface area contributed by atoms with Gasteiger partial charge in [-0.1, -0.05) is 6.92 Å². The van der Waals surface area contributed by atoms with Crippen molar-refractivity contribution < 1.29 is 0 Å². The SMILES string of the molecule is CCC1(N)CN(c2ncncc2I)C1. The minimum absolute atomic E-state index is 0.00592. The molecule has 2 N–H and O–H groups in total. The van der Waals surface area contributed by atoms with E-state index in [9.17, 15) is 0 Å². The molecule has 0 atom stereocenters. The average Bonchev–Trinajstić information content (AvgIpc) is 2.14. The Labute approximate surface area is 97.1 Å². The van der Waals surface area contributed by atoms with Gasteiger partial charge in [-0.15, -0.1) is 0 Å². The van der Waals surface area contributed by atoms with E-state index in [2.05, 4.69) is 44.4 Å². The maximum atomic E-state index is 6.09. The molecule has 0 aromatic carbocycles. The Kier molecular flexibility index (Phi) is 2.61. The van der Waals surface area contributed by atoms with Gasteiger partial charge in [-0.2, -0.15) is 0 Å². The zero-order chi connectivity index (χ0) is 10.2. The molecule has 2 heterocycles. The van der Waals surface area contributed by atoms with Crippen molar-refractivity contribution in [2.24, 2.45) is 5.73 Å². The Balaban J connectivity index is 2.10. The molecule has 0 amide bonds. The van der Waals surface area contributed by atoms with Crippen LogP contribution in [0.25, 0.3) is 0 Å². The second kappa shape index (κ2) is 3.62. The van der Waals surface area contributed by atoms with Gasteiger partial charge in [0.1, 0.15) is 12.1 Å². The highest BCUT2D eigenvalue weighted by Gasteiger charge is 2.38. The minimum atomic E-state index is -0.00592. The molecule has 0 saturated carbocycles. The van der Waals surface area contributed by atoms with Crippen LogP contribution in [0.5, 0.6) is 0 Å². The molecule has 0 aliphatic carbocycles. The van der Waals surface area contributed by atoms with Gasteiger partial charge in [0.05, 0.1) is 9.11 Å². The molecule has 76 valence electrons. The number of anilines is 1. The van der Waals surface area contributed by atoms with Crippen LogP contribution in [0.3, 0.4) is 0 Å². The molecule has 1 aliphatic rings. The quantitative estimate of drug-likeness (QED) is 0.829. The summed E-state index contributed by atoms with van der Waals surface area (Å²) in [4.78, 5) is 10.4. The van der Waals surface area contributed by atoms with Crippen LogP contribution in [0, 0.1) is 3.57 Å². The van der Waals surface area contributed by atoms with Crippen LogP contribution in [0.4, 0.5) is 5.82 Å². The third-order valence-electron chi connectivity index (χ3n) is 2.66. The first-order valence-electron chi connectivity index (χ1n) is 4.64. The topological polar surface area (TPSA) is 55.0 Å². The second-order valence-corrected chi connectivity index (χ2v) is 4.93.